The summed E-state index contributed by atoms with van der Waals surface area (Å²) < 4.78 is 1.65. The number of rotatable bonds is 3. The van der Waals surface area contributed by atoms with Gasteiger partial charge in [0.25, 0.3) is 0 Å². The van der Waals surface area contributed by atoms with Crippen LogP contribution >= 0.6 is 11.6 Å². The van der Waals surface area contributed by atoms with E-state index in [9.17, 15) is 10.0 Å². The Bertz CT molecular complexity index is 548. The summed E-state index contributed by atoms with van der Waals surface area (Å²) in [7, 11) is 0. The van der Waals surface area contributed by atoms with E-state index in [1.165, 1.54) is 0 Å². The quantitative estimate of drug-likeness (QED) is 0.827. The molecule has 1 N–H and O–H groups in total. The lowest BCUT2D eigenvalue weighted by molar-refractivity contribution is 0.421. The molecule has 0 saturated carbocycles. The summed E-state index contributed by atoms with van der Waals surface area (Å²) in [5, 5.41) is 13.7. The molecule has 0 saturated heterocycles. The second-order valence-corrected chi connectivity index (χ2v) is 3.96. The van der Waals surface area contributed by atoms with Crippen LogP contribution in [0.5, 0.6) is 5.88 Å². The van der Waals surface area contributed by atoms with E-state index in [2.05, 4.69) is 5.18 Å². The lowest BCUT2D eigenvalue weighted by Gasteiger charge is -2.03. The highest BCUT2D eigenvalue weighted by Crippen LogP contribution is 2.41. The summed E-state index contributed by atoms with van der Waals surface area (Å²) in [4.78, 5) is 10.7. The summed E-state index contributed by atoms with van der Waals surface area (Å²) in [6, 6.07) is 5.27. The normalized spacial score (nSPS) is 10.9. The van der Waals surface area contributed by atoms with Crippen molar-refractivity contribution < 1.29 is 5.11 Å². The molecule has 5 heteroatoms. The number of aromatic hydroxyl groups is 1. The van der Waals surface area contributed by atoms with Crippen LogP contribution in [-0.2, 0) is 6.54 Å². The summed E-state index contributed by atoms with van der Waals surface area (Å²) in [6.07, 6.45) is 0.849. The fourth-order valence-electron chi connectivity index (χ4n) is 1.86. The molecule has 1 aromatic carbocycles. The first kappa shape index (κ1) is 11.0. The number of hydrogen-bond acceptors (Lipinski definition) is 3. The minimum Gasteiger partial charge on any atom is -0.493 e. The van der Waals surface area contributed by atoms with Crippen LogP contribution in [0.1, 0.15) is 13.3 Å². The number of fused-ring (bicyclic) bond motifs is 1. The molecule has 0 fully saturated rings. The highest BCUT2D eigenvalue weighted by Gasteiger charge is 2.18. The largest absolute Gasteiger partial charge is 0.493 e. The van der Waals surface area contributed by atoms with Crippen molar-refractivity contribution in [2.45, 2.75) is 19.9 Å². The third kappa shape index (κ3) is 1.46. The number of nitrogens with zero attached hydrogens (tertiary/aromatic N) is 2. The van der Waals surface area contributed by atoms with Crippen molar-refractivity contribution >= 4 is 28.2 Å². The van der Waals surface area contributed by atoms with E-state index in [-0.39, 0.29) is 11.6 Å². The van der Waals surface area contributed by atoms with Gasteiger partial charge in [-0.1, -0.05) is 24.6 Å². The van der Waals surface area contributed by atoms with Crippen LogP contribution in [0.2, 0.25) is 5.02 Å². The van der Waals surface area contributed by atoms with Gasteiger partial charge in [-0.25, -0.2) is 0 Å². The number of nitroso groups, excluding NO2 is 1. The molecule has 1 aromatic heterocycles. The van der Waals surface area contributed by atoms with E-state index < -0.39 is 0 Å². The van der Waals surface area contributed by atoms with E-state index >= 15 is 0 Å². The molecule has 0 aliphatic heterocycles. The molecular formula is C11H11ClN2O2. The van der Waals surface area contributed by atoms with Crippen molar-refractivity contribution in [1.82, 2.24) is 4.57 Å². The van der Waals surface area contributed by atoms with Crippen LogP contribution < -0.4 is 0 Å². The Labute approximate surface area is 97.4 Å². The second-order valence-electron chi connectivity index (χ2n) is 3.55. The topological polar surface area (TPSA) is 54.6 Å². The Morgan fingerprint density at radius 2 is 2.25 bits per heavy atom. The highest BCUT2D eigenvalue weighted by atomic mass is 35.5. The minimum absolute atomic E-state index is 0.0223. The Morgan fingerprint density at radius 1 is 1.50 bits per heavy atom. The van der Waals surface area contributed by atoms with Gasteiger partial charge in [0.05, 0.1) is 15.9 Å². The lowest BCUT2D eigenvalue weighted by atomic mass is 10.2. The van der Waals surface area contributed by atoms with Gasteiger partial charge in [0.1, 0.15) is 0 Å². The van der Waals surface area contributed by atoms with Gasteiger partial charge in [-0.3, -0.25) is 0 Å². The predicted octanol–water partition coefficient (Wildman–Crippen LogP) is 3.81. The predicted molar refractivity (Wildman–Crippen MR) is 64.4 cm³/mol. The monoisotopic (exact) mass is 238 g/mol. The van der Waals surface area contributed by atoms with Crippen LogP contribution in [0.25, 0.3) is 10.9 Å². The van der Waals surface area contributed by atoms with Crippen molar-refractivity contribution in [3.63, 3.8) is 0 Å². The third-order valence-corrected chi connectivity index (χ3v) is 2.84. The van der Waals surface area contributed by atoms with E-state index in [1.54, 1.807) is 16.7 Å². The fraction of sp³-hybridized carbons (Fsp3) is 0.273. The maximum Gasteiger partial charge on any atom is 0.222 e. The first-order valence-corrected chi connectivity index (χ1v) is 5.41. The number of aromatic nitrogens is 1. The second kappa shape index (κ2) is 4.14. The van der Waals surface area contributed by atoms with Crippen LogP contribution in [0, 0.1) is 4.91 Å². The van der Waals surface area contributed by atoms with Gasteiger partial charge in [-0.15, -0.1) is 4.91 Å². The highest BCUT2D eigenvalue weighted by molar-refractivity contribution is 6.36. The van der Waals surface area contributed by atoms with E-state index in [0.29, 0.717) is 17.0 Å². The molecule has 2 aromatic rings. The number of hydrogen-bond donors (Lipinski definition) is 1. The van der Waals surface area contributed by atoms with E-state index in [4.69, 9.17) is 11.6 Å². The van der Waals surface area contributed by atoms with Crippen molar-refractivity contribution in [1.29, 1.82) is 0 Å². The summed E-state index contributed by atoms with van der Waals surface area (Å²) in [5.74, 6) is -0.111. The first-order chi connectivity index (χ1) is 7.70. The zero-order chi connectivity index (χ0) is 11.7. The SMILES string of the molecule is CCCn1c(O)c(N=O)c2c(Cl)cccc21. The Balaban J connectivity index is 2.86. The molecule has 0 aliphatic carbocycles. The minimum atomic E-state index is -0.111. The maximum atomic E-state index is 10.7. The van der Waals surface area contributed by atoms with Gasteiger partial charge >= 0.3 is 0 Å². The van der Waals surface area contributed by atoms with Gasteiger partial charge in [0.2, 0.25) is 5.88 Å². The Kier molecular flexibility index (Phi) is 2.83. The summed E-state index contributed by atoms with van der Waals surface area (Å²) >= 11 is 6.00. The molecule has 4 nitrogen and oxygen atoms in total. The molecule has 84 valence electrons. The fourth-order valence-corrected chi connectivity index (χ4v) is 2.12. The standard InChI is InChI=1S/C11H11ClN2O2/c1-2-6-14-8-5-3-4-7(12)9(8)10(13-16)11(14)15/h3-5,15H,2,6H2,1H3. The number of aryl methyl sites for hydroxylation is 1. The maximum absolute atomic E-state index is 10.7. The molecule has 1 heterocycles. The van der Waals surface area contributed by atoms with Crippen LogP contribution in [-0.4, -0.2) is 9.67 Å². The van der Waals surface area contributed by atoms with Crippen molar-refractivity contribution in [2.24, 2.45) is 5.18 Å². The molecular weight excluding hydrogens is 228 g/mol. The lowest BCUT2D eigenvalue weighted by Crippen LogP contribution is -1.94. The molecule has 0 spiro atoms. The molecule has 0 radical (unpaired) electrons. The van der Waals surface area contributed by atoms with Gasteiger partial charge in [0, 0.05) is 6.54 Å². The van der Waals surface area contributed by atoms with Crippen molar-refractivity contribution in [3.8, 4) is 5.88 Å². The molecule has 0 atom stereocenters. The van der Waals surface area contributed by atoms with E-state index in [1.807, 2.05) is 13.0 Å². The Hall–Kier alpha value is -1.55. The zero-order valence-electron chi connectivity index (χ0n) is 8.77. The summed E-state index contributed by atoms with van der Waals surface area (Å²) in [6.45, 7) is 2.61. The third-order valence-electron chi connectivity index (χ3n) is 2.53. The zero-order valence-corrected chi connectivity index (χ0v) is 9.53. The van der Waals surface area contributed by atoms with Crippen LogP contribution in [0.15, 0.2) is 23.4 Å². The molecule has 16 heavy (non-hydrogen) atoms. The number of benzene rings is 1. The van der Waals surface area contributed by atoms with Gasteiger partial charge in [-0.05, 0) is 23.7 Å². The number of halogens is 1. The molecule has 0 unspecified atom stereocenters. The van der Waals surface area contributed by atoms with E-state index in [0.717, 1.165) is 11.9 Å². The van der Waals surface area contributed by atoms with Crippen molar-refractivity contribution in [2.75, 3.05) is 0 Å². The van der Waals surface area contributed by atoms with Gasteiger partial charge in [-0.2, -0.15) is 0 Å². The van der Waals surface area contributed by atoms with Crippen molar-refractivity contribution in [3.05, 3.63) is 28.1 Å². The summed E-state index contributed by atoms with van der Waals surface area (Å²) in [5.41, 5.74) is 0.760. The van der Waals surface area contributed by atoms with Gasteiger partial charge < -0.3 is 9.67 Å². The van der Waals surface area contributed by atoms with Crippen LogP contribution in [0.4, 0.5) is 5.69 Å². The molecule has 0 amide bonds. The Morgan fingerprint density at radius 3 is 2.88 bits per heavy atom. The molecule has 2 rings (SSSR count). The average molecular weight is 239 g/mol. The smallest absolute Gasteiger partial charge is 0.222 e. The molecule has 0 aliphatic rings. The van der Waals surface area contributed by atoms with Crippen LogP contribution in [0.3, 0.4) is 0 Å². The first-order valence-electron chi connectivity index (χ1n) is 5.03. The van der Waals surface area contributed by atoms with Gasteiger partial charge in [0.15, 0.2) is 5.69 Å². The average Bonchev–Trinajstić information content (AvgIpc) is 2.54. The molecule has 0 bridgehead atoms.